The van der Waals surface area contributed by atoms with E-state index in [1.807, 2.05) is 12.1 Å². The Morgan fingerprint density at radius 1 is 1.40 bits per heavy atom. The van der Waals surface area contributed by atoms with Gasteiger partial charge in [-0.1, -0.05) is 38.1 Å². The molecule has 15 heavy (non-hydrogen) atoms. The van der Waals surface area contributed by atoms with Gasteiger partial charge in [0.2, 0.25) is 0 Å². The van der Waals surface area contributed by atoms with E-state index in [4.69, 9.17) is 5.11 Å². The number of carbonyl (C=O) groups is 1. The highest BCUT2D eigenvalue weighted by molar-refractivity contribution is 5.75. The van der Waals surface area contributed by atoms with Crippen molar-refractivity contribution >= 4 is 5.97 Å². The Kier molecular flexibility index (Phi) is 2.51. The third kappa shape index (κ3) is 1.89. The maximum Gasteiger partial charge on any atom is 0.307 e. The first-order valence-corrected chi connectivity index (χ1v) is 5.43. The minimum absolute atomic E-state index is 0.148. The highest BCUT2D eigenvalue weighted by atomic mass is 16.4. The lowest BCUT2D eigenvalue weighted by atomic mass is 9.94. The molecule has 1 aliphatic rings. The summed E-state index contributed by atoms with van der Waals surface area (Å²) in [6.07, 6.45) is 0.805. The first kappa shape index (κ1) is 10.2. The van der Waals surface area contributed by atoms with Gasteiger partial charge in [0, 0.05) is 0 Å². The molecule has 0 amide bonds. The van der Waals surface area contributed by atoms with Gasteiger partial charge in [-0.25, -0.2) is 0 Å². The van der Waals surface area contributed by atoms with Crippen LogP contribution in [0.2, 0.25) is 0 Å². The number of hydrogen-bond acceptors (Lipinski definition) is 1. The van der Waals surface area contributed by atoms with Gasteiger partial charge in [-0.05, 0) is 29.4 Å². The van der Waals surface area contributed by atoms with E-state index in [9.17, 15) is 4.79 Å². The van der Waals surface area contributed by atoms with Crippen molar-refractivity contribution in [3.05, 3.63) is 35.4 Å². The van der Waals surface area contributed by atoms with E-state index in [-0.39, 0.29) is 11.8 Å². The number of carboxylic acid groups (broad SMARTS) is 1. The molecule has 0 bridgehead atoms. The zero-order valence-electron chi connectivity index (χ0n) is 9.10. The van der Waals surface area contributed by atoms with Gasteiger partial charge >= 0.3 is 5.97 Å². The van der Waals surface area contributed by atoms with Crippen molar-refractivity contribution in [1.82, 2.24) is 0 Å². The summed E-state index contributed by atoms with van der Waals surface area (Å²) in [5, 5.41) is 8.91. The van der Waals surface area contributed by atoms with Crippen molar-refractivity contribution in [1.29, 1.82) is 0 Å². The molecule has 0 aromatic heterocycles. The van der Waals surface area contributed by atoms with Crippen LogP contribution in [-0.2, 0) is 4.79 Å². The smallest absolute Gasteiger partial charge is 0.307 e. The lowest BCUT2D eigenvalue weighted by Crippen LogP contribution is -2.01. The van der Waals surface area contributed by atoms with Crippen LogP contribution in [0.25, 0.3) is 0 Å². The van der Waals surface area contributed by atoms with Crippen LogP contribution < -0.4 is 0 Å². The topological polar surface area (TPSA) is 37.3 Å². The average Bonchev–Trinajstić information content (AvgIpc) is 2.97. The number of benzene rings is 1. The molecule has 2 rings (SSSR count). The van der Waals surface area contributed by atoms with E-state index >= 15 is 0 Å². The summed E-state index contributed by atoms with van der Waals surface area (Å²) in [7, 11) is 0. The van der Waals surface area contributed by atoms with Crippen molar-refractivity contribution in [2.75, 3.05) is 0 Å². The summed E-state index contributed by atoms with van der Waals surface area (Å²) < 4.78 is 0. The second-order valence-corrected chi connectivity index (χ2v) is 4.57. The van der Waals surface area contributed by atoms with E-state index in [0.29, 0.717) is 5.92 Å². The largest absolute Gasteiger partial charge is 0.481 e. The van der Waals surface area contributed by atoms with Gasteiger partial charge in [-0.2, -0.15) is 0 Å². The molecule has 2 heteroatoms. The van der Waals surface area contributed by atoms with Gasteiger partial charge in [0.1, 0.15) is 0 Å². The third-order valence-corrected chi connectivity index (χ3v) is 3.13. The first-order chi connectivity index (χ1) is 7.11. The molecule has 0 saturated heterocycles. The van der Waals surface area contributed by atoms with Crippen LogP contribution in [0.15, 0.2) is 24.3 Å². The SMILES string of the molecule is CC(C)c1ccccc1[C@@H]1C[C@H]1C(=O)O. The lowest BCUT2D eigenvalue weighted by Gasteiger charge is -2.11. The summed E-state index contributed by atoms with van der Waals surface area (Å²) >= 11 is 0. The van der Waals surface area contributed by atoms with Crippen molar-refractivity contribution in [2.24, 2.45) is 5.92 Å². The number of carboxylic acids is 1. The van der Waals surface area contributed by atoms with Crippen LogP contribution >= 0.6 is 0 Å². The van der Waals surface area contributed by atoms with Crippen LogP contribution in [0.4, 0.5) is 0 Å². The molecule has 0 spiro atoms. The van der Waals surface area contributed by atoms with Gasteiger partial charge in [-0.3, -0.25) is 4.79 Å². The minimum atomic E-state index is -0.654. The Morgan fingerprint density at radius 2 is 2.07 bits per heavy atom. The summed E-state index contributed by atoms with van der Waals surface area (Å²) in [6, 6.07) is 8.20. The molecular formula is C13H16O2. The fraction of sp³-hybridized carbons (Fsp3) is 0.462. The quantitative estimate of drug-likeness (QED) is 0.821. The molecule has 1 saturated carbocycles. The molecule has 0 aliphatic heterocycles. The molecule has 1 fully saturated rings. The van der Waals surface area contributed by atoms with E-state index < -0.39 is 5.97 Å². The van der Waals surface area contributed by atoms with Gasteiger partial charge in [-0.15, -0.1) is 0 Å². The van der Waals surface area contributed by atoms with Crippen LogP contribution in [0.5, 0.6) is 0 Å². The highest BCUT2D eigenvalue weighted by Crippen LogP contribution is 2.49. The van der Waals surface area contributed by atoms with Gasteiger partial charge in [0.05, 0.1) is 5.92 Å². The maximum atomic E-state index is 10.8. The highest BCUT2D eigenvalue weighted by Gasteiger charge is 2.45. The maximum absolute atomic E-state index is 10.8. The standard InChI is InChI=1S/C13H16O2/c1-8(2)9-5-3-4-6-10(9)11-7-12(11)13(14)15/h3-6,8,11-12H,7H2,1-2H3,(H,14,15)/t11-,12+/m0/s1. The predicted octanol–water partition coefficient (Wildman–Crippen LogP) is 3.00. The van der Waals surface area contributed by atoms with Crippen molar-refractivity contribution in [2.45, 2.75) is 32.1 Å². The van der Waals surface area contributed by atoms with Crippen molar-refractivity contribution in [3.8, 4) is 0 Å². The second-order valence-electron chi connectivity index (χ2n) is 4.57. The van der Waals surface area contributed by atoms with E-state index in [1.54, 1.807) is 0 Å². The van der Waals surface area contributed by atoms with Crippen LogP contribution in [0.3, 0.4) is 0 Å². The van der Waals surface area contributed by atoms with Crippen LogP contribution in [0.1, 0.15) is 43.2 Å². The normalized spacial score (nSPS) is 24.2. The number of hydrogen-bond donors (Lipinski definition) is 1. The first-order valence-electron chi connectivity index (χ1n) is 5.43. The van der Waals surface area contributed by atoms with Gasteiger partial charge in [0.25, 0.3) is 0 Å². The molecule has 1 aliphatic carbocycles. The fourth-order valence-electron chi connectivity index (χ4n) is 2.19. The second kappa shape index (κ2) is 3.69. The Morgan fingerprint density at radius 3 is 2.60 bits per heavy atom. The molecule has 1 aromatic carbocycles. The summed E-state index contributed by atoms with van der Waals surface area (Å²) in [4.78, 5) is 10.8. The zero-order chi connectivity index (χ0) is 11.0. The van der Waals surface area contributed by atoms with Crippen LogP contribution in [-0.4, -0.2) is 11.1 Å². The zero-order valence-corrected chi connectivity index (χ0v) is 9.10. The molecule has 80 valence electrons. The number of rotatable bonds is 3. The molecular weight excluding hydrogens is 188 g/mol. The molecule has 0 unspecified atom stereocenters. The van der Waals surface area contributed by atoms with Gasteiger partial charge < -0.3 is 5.11 Å². The predicted molar refractivity (Wildman–Crippen MR) is 59.0 cm³/mol. The summed E-state index contributed by atoms with van der Waals surface area (Å²) in [5.41, 5.74) is 2.53. The third-order valence-electron chi connectivity index (χ3n) is 3.13. The molecule has 2 nitrogen and oxygen atoms in total. The molecule has 0 heterocycles. The average molecular weight is 204 g/mol. The number of aliphatic carboxylic acids is 1. The monoisotopic (exact) mass is 204 g/mol. The molecule has 1 N–H and O–H groups in total. The minimum Gasteiger partial charge on any atom is -0.481 e. The Balaban J connectivity index is 2.26. The van der Waals surface area contributed by atoms with Crippen LogP contribution in [0, 0.1) is 5.92 Å². The Hall–Kier alpha value is -1.31. The molecule has 1 aromatic rings. The Bertz CT molecular complexity index is 382. The summed E-state index contributed by atoms with van der Waals surface area (Å²) in [6.45, 7) is 4.30. The molecule has 0 radical (unpaired) electrons. The molecule has 2 atom stereocenters. The van der Waals surface area contributed by atoms with E-state index in [0.717, 1.165) is 6.42 Å². The lowest BCUT2D eigenvalue weighted by molar-refractivity contribution is -0.138. The summed E-state index contributed by atoms with van der Waals surface area (Å²) in [5.74, 6) is -0.0826. The van der Waals surface area contributed by atoms with E-state index in [1.165, 1.54) is 11.1 Å². The Labute approximate surface area is 89.9 Å². The van der Waals surface area contributed by atoms with Gasteiger partial charge in [0.15, 0.2) is 0 Å². The fourth-order valence-corrected chi connectivity index (χ4v) is 2.19. The van der Waals surface area contributed by atoms with Crippen molar-refractivity contribution < 1.29 is 9.90 Å². The van der Waals surface area contributed by atoms with Crippen molar-refractivity contribution in [3.63, 3.8) is 0 Å². The van der Waals surface area contributed by atoms with E-state index in [2.05, 4.69) is 26.0 Å².